The van der Waals surface area contributed by atoms with Crippen LogP contribution in [0.3, 0.4) is 0 Å². The molecule has 0 unspecified atom stereocenters. The fraction of sp³-hybridized carbons (Fsp3) is 0.316. The average molecular weight is 392 g/mol. The van der Waals surface area contributed by atoms with Crippen LogP contribution < -0.4 is 19.1 Å². The van der Waals surface area contributed by atoms with Gasteiger partial charge in [0.2, 0.25) is 10.0 Å². The molecule has 1 N–H and O–H groups in total. The summed E-state index contributed by atoms with van der Waals surface area (Å²) >= 11 is 0. The number of anilines is 1. The van der Waals surface area contributed by atoms with E-state index in [2.05, 4.69) is 5.32 Å². The van der Waals surface area contributed by atoms with Gasteiger partial charge < -0.3 is 14.8 Å². The molecule has 8 heteroatoms. The van der Waals surface area contributed by atoms with Gasteiger partial charge in [0.05, 0.1) is 25.1 Å². The maximum absolute atomic E-state index is 12.2. The summed E-state index contributed by atoms with van der Waals surface area (Å²) < 4.78 is 35.8. The topological polar surface area (TPSA) is 84.9 Å². The zero-order chi connectivity index (χ0) is 19.9. The number of carbonyl (C=O) groups is 1. The predicted octanol–water partition coefficient (Wildman–Crippen LogP) is 2.29. The molecule has 1 amide bonds. The minimum absolute atomic E-state index is 0.0118. The lowest BCUT2D eigenvalue weighted by Crippen LogP contribution is -2.29. The van der Waals surface area contributed by atoms with Crippen molar-refractivity contribution in [3.05, 3.63) is 54.1 Å². The largest absolute Gasteiger partial charge is 0.493 e. The fourth-order valence-electron chi connectivity index (χ4n) is 2.34. The highest BCUT2D eigenvalue weighted by Gasteiger charge is 2.16. The molecule has 0 aliphatic heterocycles. The molecule has 0 saturated carbocycles. The lowest BCUT2D eigenvalue weighted by Gasteiger charge is -2.18. The Hall–Kier alpha value is -2.74. The van der Waals surface area contributed by atoms with Crippen molar-refractivity contribution < 1.29 is 22.7 Å². The van der Waals surface area contributed by atoms with Crippen molar-refractivity contribution in [1.29, 1.82) is 0 Å². The Morgan fingerprint density at radius 3 is 2.30 bits per heavy atom. The Balaban J connectivity index is 1.87. The number of nitrogens with one attached hydrogen (secondary N) is 1. The number of sulfonamides is 1. The summed E-state index contributed by atoms with van der Waals surface area (Å²) in [4.78, 5) is 12.2. The molecule has 0 radical (unpaired) electrons. The van der Waals surface area contributed by atoms with E-state index in [1.54, 1.807) is 50.4 Å². The fourth-order valence-corrected chi connectivity index (χ4v) is 3.17. The molecule has 0 saturated heterocycles. The summed E-state index contributed by atoms with van der Waals surface area (Å²) in [6, 6.07) is 13.7. The van der Waals surface area contributed by atoms with Gasteiger partial charge in [0.25, 0.3) is 5.91 Å². The second kappa shape index (κ2) is 9.27. The van der Waals surface area contributed by atoms with E-state index in [-0.39, 0.29) is 11.7 Å². The van der Waals surface area contributed by atoms with E-state index in [1.165, 1.54) is 11.4 Å². The van der Waals surface area contributed by atoms with Crippen LogP contribution in [0.25, 0.3) is 0 Å². The van der Waals surface area contributed by atoms with Crippen molar-refractivity contribution in [2.75, 3.05) is 37.4 Å². The van der Waals surface area contributed by atoms with Crippen molar-refractivity contribution in [3.8, 4) is 11.5 Å². The highest BCUT2D eigenvalue weighted by atomic mass is 32.2. The van der Waals surface area contributed by atoms with Crippen LogP contribution in [0.1, 0.15) is 17.3 Å². The third-order valence-corrected chi connectivity index (χ3v) is 5.76. The first-order chi connectivity index (χ1) is 12.9. The minimum atomic E-state index is -3.33. The Kier molecular flexibility index (Phi) is 7.06. The second-order valence-electron chi connectivity index (χ2n) is 5.67. The number of methoxy groups -OCH3 is 1. The molecule has 0 aliphatic carbocycles. The quantitative estimate of drug-likeness (QED) is 0.662. The van der Waals surface area contributed by atoms with Gasteiger partial charge >= 0.3 is 0 Å². The molecule has 0 aromatic heterocycles. The first-order valence-corrected chi connectivity index (χ1v) is 10.1. The highest BCUT2D eigenvalue weighted by Crippen LogP contribution is 2.25. The zero-order valence-electron chi connectivity index (χ0n) is 15.6. The summed E-state index contributed by atoms with van der Waals surface area (Å²) in [5.74, 6) is 0.994. The Bertz CT molecular complexity index is 866. The van der Waals surface area contributed by atoms with E-state index in [0.29, 0.717) is 35.9 Å². The summed E-state index contributed by atoms with van der Waals surface area (Å²) in [5.41, 5.74) is 0.950. The molecular formula is C19H24N2O5S. The molecule has 2 rings (SSSR count). The number of rotatable bonds is 9. The van der Waals surface area contributed by atoms with Gasteiger partial charge in [-0.1, -0.05) is 12.1 Å². The van der Waals surface area contributed by atoms with Crippen LogP contribution in [-0.4, -0.2) is 47.4 Å². The van der Waals surface area contributed by atoms with E-state index in [9.17, 15) is 13.2 Å². The Morgan fingerprint density at radius 1 is 1.07 bits per heavy atom. The van der Waals surface area contributed by atoms with E-state index < -0.39 is 10.0 Å². The van der Waals surface area contributed by atoms with Crippen LogP contribution in [0.5, 0.6) is 11.5 Å². The Morgan fingerprint density at radius 2 is 1.70 bits per heavy atom. The molecule has 0 heterocycles. The standard InChI is InChI=1S/C19H24N2O5S/c1-4-27(23,24)21(2)16-11-9-15(10-12-16)19(22)20-13-14-26-18-8-6-5-7-17(18)25-3/h5-12H,4,13-14H2,1-3H3,(H,20,22). The number of hydrogen-bond acceptors (Lipinski definition) is 5. The van der Waals surface area contributed by atoms with Crippen LogP contribution in [0.2, 0.25) is 0 Å². The van der Waals surface area contributed by atoms with Crippen molar-refractivity contribution in [1.82, 2.24) is 5.32 Å². The molecule has 0 spiro atoms. The van der Waals surface area contributed by atoms with Crippen molar-refractivity contribution in [2.24, 2.45) is 0 Å². The number of para-hydroxylation sites is 2. The number of ether oxygens (including phenoxy) is 2. The van der Waals surface area contributed by atoms with E-state index in [0.717, 1.165) is 0 Å². The molecule has 27 heavy (non-hydrogen) atoms. The molecule has 0 fully saturated rings. The molecule has 2 aromatic rings. The molecule has 2 aromatic carbocycles. The summed E-state index contributed by atoms with van der Waals surface area (Å²) in [6.07, 6.45) is 0. The van der Waals surface area contributed by atoms with Crippen molar-refractivity contribution >= 4 is 21.6 Å². The summed E-state index contributed by atoms with van der Waals surface area (Å²) in [7, 11) is -0.273. The van der Waals surface area contributed by atoms with Crippen molar-refractivity contribution in [3.63, 3.8) is 0 Å². The normalized spacial score (nSPS) is 10.9. The van der Waals surface area contributed by atoms with E-state index in [4.69, 9.17) is 9.47 Å². The van der Waals surface area contributed by atoms with Crippen LogP contribution in [0.4, 0.5) is 5.69 Å². The van der Waals surface area contributed by atoms with Crippen molar-refractivity contribution in [2.45, 2.75) is 6.92 Å². The van der Waals surface area contributed by atoms with Gasteiger partial charge in [0.15, 0.2) is 11.5 Å². The lowest BCUT2D eigenvalue weighted by molar-refractivity contribution is 0.0947. The molecule has 146 valence electrons. The summed E-state index contributed by atoms with van der Waals surface area (Å²) in [5, 5.41) is 2.76. The number of amides is 1. The van der Waals surface area contributed by atoms with Gasteiger partial charge in [0.1, 0.15) is 6.61 Å². The maximum atomic E-state index is 12.2. The Labute approximate surface area is 160 Å². The first-order valence-electron chi connectivity index (χ1n) is 8.49. The second-order valence-corrected chi connectivity index (χ2v) is 7.96. The van der Waals surface area contributed by atoms with Gasteiger partial charge in [-0.2, -0.15) is 0 Å². The predicted molar refractivity (Wildman–Crippen MR) is 105 cm³/mol. The van der Waals surface area contributed by atoms with Crippen LogP contribution in [-0.2, 0) is 10.0 Å². The molecule has 0 bridgehead atoms. The smallest absolute Gasteiger partial charge is 0.251 e. The number of carbonyl (C=O) groups excluding carboxylic acids is 1. The molecule has 7 nitrogen and oxygen atoms in total. The number of hydrogen-bond donors (Lipinski definition) is 1. The number of nitrogens with zero attached hydrogens (tertiary/aromatic N) is 1. The molecule has 0 aliphatic rings. The number of benzene rings is 2. The third-order valence-electron chi connectivity index (χ3n) is 3.99. The van der Waals surface area contributed by atoms with E-state index >= 15 is 0 Å². The molecule has 0 atom stereocenters. The van der Waals surface area contributed by atoms with Crippen LogP contribution >= 0.6 is 0 Å². The average Bonchev–Trinajstić information content (AvgIpc) is 2.70. The summed E-state index contributed by atoms with van der Waals surface area (Å²) in [6.45, 7) is 2.20. The zero-order valence-corrected chi connectivity index (χ0v) is 16.5. The SMILES string of the molecule is CCS(=O)(=O)N(C)c1ccc(C(=O)NCCOc2ccccc2OC)cc1. The van der Waals surface area contributed by atoms with Crippen LogP contribution in [0, 0.1) is 0 Å². The van der Waals surface area contributed by atoms with Gasteiger partial charge in [-0.05, 0) is 43.3 Å². The third kappa shape index (κ3) is 5.37. The highest BCUT2D eigenvalue weighted by molar-refractivity contribution is 7.92. The van der Waals surface area contributed by atoms with Gasteiger partial charge in [-0.15, -0.1) is 0 Å². The lowest BCUT2D eigenvalue weighted by atomic mass is 10.2. The maximum Gasteiger partial charge on any atom is 0.251 e. The van der Waals surface area contributed by atoms with Gasteiger partial charge in [-0.3, -0.25) is 9.10 Å². The van der Waals surface area contributed by atoms with Gasteiger partial charge in [0, 0.05) is 12.6 Å². The monoisotopic (exact) mass is 392 g/mol. The van der Waals surface area contributed by atoms with E-state index in [1.807, 2.05) is 12.1 Å². The van der Waals surface area contributed by atoms with Crippen LogP contribution in [0.15, 0.2) is 48.5 Å². The molecular weight excluding hydrogens is 368 g/mol. The first kappa shape index (κ1) is 20.6. The van der Waals surface area contributed by atoms with Gasteiger partial charge in [-0.25, -0.2) is 8.42 Å². The minimum Gasteiger partial charge on any atom is -0.493 e.